The Morgan fingerprint density at radius 1 is 0.781 bits per heavy atom. The van der Waals surface area contributed by atoms with Crippen LogP contribution in [0.15, 0.2) is 66.8 Å². The van der Waals surface area contributed by atoms with Gasteiger partial charge in [0.05, 0.1) is 0 Å². The fourth-order valence-corrected chi connectivity index (χ4v) is 3.38. The van der Waals surface area contributed by atoms with Crippen LogP contribution < -0.4 is 0 Å². The van der Waals surface area contributed by atoms with Gasteiger partial charge >= 0.3 is 11.9 Å². The van der Waals surface area contributed by atoms with Crippen LogP contribution in [-0.2, 0) is 9.59 Å². The second-order valence-electron chi connectivity index (χ2n) is 7.33. The Hall–Kier alpha value is -3.32. The van der Waals surface area contributed by atoms with Crippen LogP contribution >= 0.6 is 0 Å². The Bertz CT molecular complexity index is 868. The molecule has 0 saturated carbocycles. The summed E-state index contributed by atoms with van der Waals surface area (Å²) in [5, 5.41) is 15.6. The van der Waals surface area contributed by atoms with Gasteiger partial charge in [0.15, 0.2) is 0 Å². The van der Waals surface area contributed by atoms with Crippen LogP contribution in [0, 0.1) is 11.6 Å². The van der Waals surface area contributed by atoms with E-state index in [9.17, 15) is 18.4 Å². The summed E-state index contributed by atoms with van der Waals surface area (Å²) in [6.07, 6.45) is 8.14. The highest BCUT2D eigenvalue weighted by Gasteiger charge is 2.10. The van der Waals surface area contributed by atoms with E-state index in [2.05, 4.69) is 11.0 Å². The molecule has 1 fully saturated rings. The van der Waals surface area contributed by atoms with E-state index < -0.39 is 11.9 Å². The Labute approximate surface area is 186 Å². The lowest BCUT2D eigenvalue weighted by Crippen LogP contribution is -2.30. The molecule has 0 atom stereocenters. The zero-order valence-electron chi connectivity index (χ0n) is 17.7. The van der Waals surface area contributed by atoms with E-state index in [4.69, 9.17) is 10.2 Å². The number of likely N-dealkylation sites (tertiary alicyclic amines) is 1. The smallest absolute Gasteiger partial charge is 0.328 e. The van der Waals surface area contributed by atoms with Crippen molar-refractivity contribution in [2.24, 2.45) is 0 Å². The Morgan fingerprint density at radius 2 is 1.22 bits per heavy atom. The minimum absolute atomic E-state index is 0.245. The molecule has 32 heavy (non-hydrogen) atoms. The van der Waals surface area contributed by atoms with Gasteiger partial charge in [0.2, 0.25) is 0 Å². The summed E-state index contributed by atoms with van der Waals surface area (Å²) in [5.41, 5.74) is 2.95. The molecule has 0 aliphatic carbocycles. The van der Waals surface area contributed by atoms with Crippen LogP contribution in [0.3, 0.4) is 0 Å². The van der Waals surface area contributed by atoms with Crippen LogP contribution in [0.5, 0.6) is 0 Å². The summed E-state index contributed by atoms with van der Waals surface area (Å²) < 4.78 is 26.4. The molecule has 1 aliphatic heterocycles. The first-order valence-electron chi connectivity index (χ1n) is 10.4. The van der Waals surface area contributed by atoms with E-state index in [1.54, 1.807) is 24.3 Å². The fourth-order valence-electron chi connectivity index (χ4n) is 3.38. The number of piperidine rings is 1. The van der Waals surface area contributed by atoms with Crippen LogP contribution in [-0.4, -0.2) is 46.7 Å². The van der Waals surface area contributed by atoms with Gasteiger partial charge in [-0.15, -0.1) is 0 Å². The average Bonchev–Trinajstić information content (AvgIpc) is 2.78. The summed E-state index contributed by atoms with van der Waals surface area (Å²) in [7, 11) is 0. The Balaban J connectivity index is 0.000000390. The minimum atomic E-state index is -1.26. The SMILES string of the molecule is Fc1ccc(C(=CCCN2CCCCC2)c2ccc(F)cc2)cc1.O=C(O)/C=C\C(=O)O. The number of carboxylic acids is 2. The molecule has 1 aliphatic rings. The first-order valence-corrected chi connectivity index (χ1v) is 10.4. The molecule has 2 aromatic carbocycles. The zero-order chi connectivity index (χ0) is 23.3. The number of aliphatic carboxylic acids is 2. The number of carboxylic acid groups (broad SMARTS) is 2. The third-order valence-electron chi connectivity index (χ3n) is 4.92. The molecule has 170 valence electrons. The molecule has 2 N–H and O–H groups in total. The first kappa shape index (κ1) is 24.9. The van der Waals surface area contributed by atoms with E-state index in [1.807, 2.05) is 0 Å². The predicted octanol–water partition coefficient (Wildman–Crippen LogP) is 4.98. The molecular weight excluding hydrogens is 416 g/mol. The summed E-state index contributed by atoms with van der Waals surface area (Å²) in [6.45, 7) is 3.39. The predicted molar refractivity (Wildman–Crippen MR) is 119 cm³/mol. The van der Waals surface area contributed by atoms with Gasteiger partial charge < -0.3 is 15.1 Å². The maximum Gasteiger partial charge on any atom is 0.328 e. The maximum atomic E-state index is 13.2. The normalized spacial score (nSPS) is 13.8. The number of rotatable bonds is 7. The molecule has 0 radical (unpaired) electrons. The van der Waals surface area contributed by atoms with Crippen molar-refractivity contribution in [3.05, 3.63) is 89.5 Å². The lowest BCUT2D eigenvalue weighted by atomic mass is 9.96. The topological polar surface area (TPSA) is 77.8 Å². The Morgan fingerprint density at radius 3 is 1.62 bits per heavy atom. The summed E-state index contributed by atoms with van der Waals surface area (Å²) in [5.74, 6) is -3.00. The lowest BCUT2D eigenvalue weighted by molar-refractivity contribution is -0.134. The molecule has 0 unspecified atom stereocenters. The molecule has 2 aromatic rings. The quantitative estimate of drug-likeness (QED) is 0.590. The van der Waals surface area contributed by atoms with Crippen molar-refractivity contribution in [3.63, 3.8) is 0 Å². The van der Waals surface area contributed by atoms with E-state index in [1.165, 1.54) is 56.6 Å². The number of hydrogen-bond donors (Lipinski definition) is 2. The largest absolute Gasteiger partial charge is 0.478 e. The third-order valence-corrected chi connectivity index (χ3v) is 4.92. The van der Waals surface area contributed by atoms with Crippen molar-refractivity contribution >= 4 is 17.5 Å². The molecule has 7 heteroatoms. The van der Waals surface area contributed by atoms with Crippen molar-refractivity contribution in [1.29, 1.82) is 0 Å². The number of halogens is 2. The van der Waals surface area contributed by atoms with Gasteiger partial charge in [-0.25, -0.2) is 18.4 Å². The molecule has 5 nitrogen and oxygen atoms in total. The number of carbonyl (C=O) groups is 2. The summed E-state index contributed by atoms with van der Waals surface area (Å²) in [4.78, 5) is 21.6. The third kappa shape index (κ3) is 9.22. The van der Waals surface area contributed by atoms with E-state index in [0.29, 0.717) is 12.2 Å². The number of nitrogens with zero attached hydrogens (tertiary/aromatic N) is 1. The maximum absolute atomic E-state index is 13.2. The number of benzene rings is 2. The fraction of sp³-hybridized carbons (Fsp3) is 0.280. The minimum Gasteiger partial charge on any atom is -0.478 e. The van der Waals surface area contributed by atoms with E-state index in [-0.39, 0.29) is 11.6 Å². The summed E-state index contributed by atoms with van der Waals surface area (Å²) >= 11 is 0. The summed E-state index contributed by atoms with van der Waals surface area (Å²) in [6, 6.07) is 13.0. The molecule has 0 amide bonds. The Kier molecular flexibility index (Phi) is 10.3. The monoisotopic (exact) mass is 443 g/mol. The van der Waals surface area contributed by atoms with Gasteiger partial charge in [-0.2, -0.15) is 0 Å². The molecule has 0 spiro atoms. The van der Waals surface area contributed by atoms with Crippen molar-refractivity contribution in [2.75, 3.05) is 19.6 Å². The van der Waals surface area contributed by atoms with Gasteiger partial charge in [-0.3, -0.25) is 0 Å². The number of hydrogen-bond acceptors (Lipinski definition) is 3. The molecule has 1 saturated heterocycles. The van der Waals surface area contributed by atoms with Crippen LogP contribution in [0.2, 0.25) is 0 Å². The highest BCUT2D eigenvalue weighted by molar-refractivity contribution is 5.89. The van der Waals surface area contributed by atoms with Gasteiger partial charge in [-0.05, 0) is 73.3 Å². The molecule has 0 aromatic heterocycles. The molecule has 1 heterocycles. The van der Waals surface area contributed by atoms with Crippen LogP contribution in [0.25, 0.3) is 5.57 Å². The second kappa shape index (κ2) is 13.2. The van der Waals surface area contributed by atoms with E-state index in [0.717, 1.165) is 29.7 Å². The van der Waals surface area contributed by atoms with Crippen LogP contribution in [0.4, 0.5) is 8.78 Å². The van der Waals surface area contributed by atoms with Gasteiger partial charge in [-0.1, -0.05) is 36.8 Å². The molecule has 0 bridgehead atoms. The molecule has 3 rings (SSSR count). The van der Waals surface area contributed by atoms with Gasteiger partial charge in [0.25, 0.3) is 0 Å². The highest BCUT2D eigenvalue weighted by Crippen LogP contribution is 2.25. The second-order valence-corrected chi connectivity index (χ2v) is 7.33. The van der Waals surface area contributed by atoms with E-state index >= 15 is 0 Å². The standard InChI is InChI=1S/C21H23F2N.C4H4O4/c22-19-10-6-17(7-11-19)21(18-8-12-20(23)13-9-18)5-4-16-24-14-2-1-3-15-24;5-3(6)1-2-4(7)8/h5-13H,1-4,14-16H2;1-2H,(H,5,6)(H,7,8)/b;2-1-. The first-order chi connectivity index (χ1) is 15.3. The van der Waals surface area contributed by atoms with Crippen LogP contribution in [0.1, 0.15) is 36.8 Å². The zero-order valence-corrected chi connectivity index (χ0v) is 17.7. The van der Waals surface area contributed by atoms with Gasteiger partial charge in [0.1, 0.15) is 11.6 Å². The van der Waals surface area contributed by atoms with Gasteiger partial charge in [0, 0.05) is 18.7 Å². The highest BCUT2D eigenvalue weighted by atomic mass is 19.1. The lowest BCUT2D eigenvalue weighted by Gasteiger charge is -2.25. The van der Waals surface area contributed by atoms with Crippen molar-refractivity contribution in [3.8, 4) is 0 Å². The molecular formula is C25H27F2NO4. The van der Waals surface area contributed by atoms with Crippen molar-refractivity contribution in [1.82, 2.24) is 4.90 Å². The van der Waals surface area contributed by atoms with Crippen molar-refractivity contribution in [2.45, 2.75) is 25.7 Å². The average molecular weight is 443 g/mol. The van der Waals surface area contributed by atoms with Crippen molar-refractivity contribution < 1.29 is 28.6 Å².